The first-order valence-electron chi connectivity index (χ1n) is 6.13. The van der Waals surface area contributed by atoms with Crippen LogP contribution in [0.5, 0.6) is 0 Å². The minimum absolute atomic E-state index is 0.0653. The summed E-state index contributed by atoms with van der Waals surface area (Å²) in [5.41, 5.74) is 1.62. The molecule has 100 valence electrons. The summed E-state index contributed by atoms with van der Waals surface area (Å²) >= 11 is 0. The topological polar surface area (TPSA) is 71.3 Å². The van der Waals surface area contributed by atoms with Gasteiger partial charge in [0.25, 0.3) is 5.91 Å². The van der Waals surface area contributed by atoms with E-state index in [0.29, 0.717) is 18.5 Å². The second kappa shape index (κ2) is 5.56. The van der Waals surface area contributed by atoms with E-state index >= 15 is 0 Å². The highest BCUT2D eigenvalue weighted by Gasteiger charge is 2.12. The van der Waals surface area contributed by atoms with Crippen LogP contribution in [-0.2, 0) is 11.8 Å². The Morgan fingerprint density at radius 2 is 2.05 bits per heavy atom. The van der Waals surface area contributed by atoms with Gasteiger partial charge < -0.3 is 15.0 Å². The number of para-hydroxylation sites is 1. The third kappa shape index (κ3) is 2.93. The average Bonchev–Trinajstić information content (AvgIpc) is 2.72. The predicted molar refractivity (Wildman–Crippen MR) is 72.1 cm³/mol. The molecular formula is C14H16N2O3. The standard InChI is InChI=1S/C14H16N2O3/c1-16-9-11(10-5-2-3-6-12(10)16)14(19)15-8-4-7-13(17)18/h2-3,5-6,9H,4,7-8H2,1H3,(H,15,19)(H,17,18). The fourth-order valence-electron chi connectivity index (χ4n) is 2.06. The van der Waals surface area contributed by atoms with Gasteiger partial charge in [-0.1, -0.05) is 18.2 Å². The smallest absolute Gasteiger partial charge is 0.303 e. The van der Waals surface area contributed by atoms with E-state index in [4.69, 9.17) is 5.11 Å². The van der Waals surface area contributed by atoms with Crippen molar-refractivity contribution in [3.8, 4) is 0 Å². The molecule has 0 aliphatic carbocycles. The van der Waals surface area contributed by atoms with E-state index in [2.05, 4.69) is 5.32 Å². The summed E-state index contributed by atoms with van der Waals surface area (Å²) < 4.78 is 1.90. The number of hydrogen-bond acceptors (Lipinski definition) is 2. The molecule has 0 atom stereocenters. The highest BCUT2D eigenvalue weighted by Crippen LogP contribution is 2.19. The lowest BCUT2D eigenvalue weighted by atomic mass is 10.1. The number of carbonyl (C=O) groups excluding carboxylic acids is 1. The van der Waals surface area contributed by atoms with Gasteiger partial charge in [0.05, 0.1) is 5.56 Å². The number of carboxylic acid groups (broad SMARTS) is 1. The number of aryl methyl sites for hydroxylation is 1. The van der Waals surface area contributed by atoms with Crippen molar-refractivity contribution in [3.63, 3.8) is 0 Å². The maximum atomic E-state index is 12.0. The van der Waals surface area contributed by atoms with Crippen LogP contribution < -0.4 is 5.32 Å². The highest BCUT2D eigenvalue weighted by atomic mass is 16.4. The molecule has 2 N–H and O–H groups in total. The Labute approximate surface area is 110 Å². The molecule has 2 rings (SSSR count). The Kier molecular flexibility index (Phi) is 3.85. The monoisotopic (exact) mass is 260 g/mol. The van der Waals surface area contributed by atoms with Crippen LogP contribution in [0, 0.1) is 0 Å². The number of carboxylic acids is 1. The van der Waals surface area contributed by atoms with Crippen LogP contribution in [0.2, 0.25) is 0 Å². The van der Waals surface area contributed by atoms with E-state index in [0.717, 1.165) is 10.9 Å². The van der Waals surface area contributed by atoms with Crippen LogP contribution in [0.25, 0.3) is 10.9 Å². The second-order valence-electron chi connectivity index (χ2n) is 4.42. The van der Waals surface area contributed by atoms with Gasteiger partial charge >= 0.3 is 5.97 Å². The zero-order valence-electron chi connectivity index (χ0n) is 10.7. The number of nitrogens with zero attached hydrogens (tertiary/aromatic N) is 1. The highest BCUT2D eigenvalue weighted by molar-refractivity contribution is 6.06. The third-order valence-corrected chi connectivity index (χ3v) is 2.99. The van der Waals surface area contributed by atoms with Gasteiger partial charge in [0.1, 0.15) is 0 Å². The largest absolute Gasteiger partial charge is 0.481 e. The maximum Gasteiger partial charge on any atom is 0.303 e. The molecule has 0 bridgehead atoms. The lowest BCUT2D eigenvalue weighted by molar-refractivity contribution is -0.137. The van der Waals surface area contributed by atoms with Crippen molar-refractivity contribution >= 4 is 22.8 Å². The van der Waals surface area contributed by atoms with Gasteiger partial charge in [-0.05, 0) is 12.5 Å². The molecule has 2 aromatic rings. The van der Waals surface area contributed by atoms with Crippen molar-refractivity contribution in [1.82, 2.24) is 9.88 Å². The van der Waals surface area contributed by atoms with Crippen molar-refractivity contribution in [2.45, 2.75) is 12.8 Å². The van der Waals surface area contributed by atoms with Crippen molar-refractivity contribution in [2.24, 2.45) is 7.05 Å². The zero-order valence-corrected chi connectivity index (χ0v) is 10.7. The molecule has 5 nitrogen and oxygen atoms in total. The molecule has 0 spiro atoms. The molecule has 1 amide bonds. The number of nitrogens with one attached hydrogen (secondary N) is 1. The first-order chi connectivity index (χ1) is 9.09. The molecule has 0 saturated carbocycles. The van der Waals surface area contributed by atoms with Gasteiger partial charge in [-0.25, -0.2) is 0 Å². The van der Waals surface area contributed by atoms with E-state index in [1.807, 2.05) is 35.9 Å². The van der Waals surface area contributed by atoms with Gasteiger partial charge in [-0.2, -0.15) is 0 Å². The van der Waals surface area contributed by atoms with Crippen molar-refractivity contribution < 1.29 is 14.7 Å². The summed E-state index contributed by atoms with van der Waals surface area (Å²) in [5, 5.41) is 12.2. The second-order valence-corrected chi connectivity index (χ2v) is 4.42. The average molecular weight is 260 g/mol. The molecular weight excluding hydrogens is 244 g/mol. The first-order valence-corrected chi connectivity index (χ1v) is 6.13. The molecule has 0 aliphatic rings. The Hall–Kier alpha value is -2.30. The molecule has 0 aliphatic heterocycles. The number of rotatable bonds is 5. The van der Waals surface area contributed by atoms with Gasteiger partial charge in [0.15, 0.2) is 0 Å². The predicted octanol–water partition coefficient (Wildman–Crippen LogP) is 1.77. The summed E-state index contributed by atoms with van der Waals surface area (Å²) in [7, 11) is 1.89. The van der Waals surface area contributed by atoms with Crippen LogP contribution in [-0.4, -0.2) is 28.1 Å². The molecule has 0 unspecified atom stereocenters. The number of carbonyl (C=O) groups is 2. The fraction of sp³-hybridized carbons (Fsp3) is 0.286. The first kappa shape index (κ1) is 13.1. The molecule has 5 heteroatoms. The van der Waals surface area contributed by atoms with Crippen molar-refractivity contribution in [1.29, 1.82) is 0 Å². The lowest BCUT2D eigenvalue weighted by Gasteiger charge is -2.02. The van der Waals surface area contributed by atoms with Gasteiger partial charge in [-0.15, -0.1) is 0 Å². The van der Waals surface area contributed by atoms with E-state index in [9.17, 15) is 9.59 Å². The molecule has 1 aromatic heterocycles. The van der Waals surface area contributed by atoms with E-state index in [-0.39, 0.29) is 12.3 Å². The summed E-state index contributed by atoms with van der Waals surface area (Å²) in [6.07, 6.45) is 2.29. The molecule has 1 heterocycles. The van der Waals surface area contributed by atoms with E-state index < -0.39 is 5.97 Å². The van der Waals surface area contributed by atoms with Gasteiger partial charge in [-0.3, -0.25) is 9.59 Å². The van der Waals surface area contributed by atoms with Gasteiger partial charge in [0.2, 0.25) is 0 Å². The molecule has 1 aromatic carbocycles. The fourth-order valence-corrected chi connectivity index (χ4v) is 2.06. The van der Waals surface area contributed by atoms with Crippen molar-refractivity contribution in [2.75, 3.05) is 6.54 Å². The zero-order chi connectivity index (χ0) is 13.8. The van der Waals surface area contributed by atoms with Crippen molar-refractivity contribution in [3.05, 3.63) is 36.0 Å². The van der Waals surface area contributed by atoms with E-state index in [1.54, 1.807) is 6.20 Å². The quantitative estimate of drug-likeness (QED) is 0.805. The van der Waals surface area contributed by atoms with Crippen LogP contribution in [0.3, 0.4) is 0 Å². The number of aromatic nitrogens is 1. The summed E-state index contributed by atoms with van der Waals surface area (Å²) in [6, 6.07) is 7.68. The number of hydrogen-bond donors (Lipinski definition) is 2. The van der Waals surface area contributed by atoms with Crippen LogP contribution >= 0.6 is 0 Å². The number of fused-ring (bicyclic) bond motifs is 1. The maximum absolute atomic E-state index is 12.0. The van der Waals surface area contributed by atoms with Crippen LogP contribution in [0.1, 0.15) is 23.2 Å². The Morgan fingerprint density at radius 1 is 1.32 bits per heavy atom. The number of aliphatic carboxylic acids is 1. The molecule has 0 saturated heterocycles. The SMILES string of the molecule is Cn1cc(C(=O)NCCCC(=O)O)c2ccccc21. The van der Waals surface area contributed by atoms with E-state index in [1.165, 1.54) is 0 Å². The molecule has 0 radical (unpaired) electrons. The minimum atomic E-state index is -0.848. The van der Waals surface area contributed by atoms with Crippen LogP contribution in [0.15, 0.2) is 30.5 Å². The molecule has 19 heavy (non-hydrogen) atoms. The Bertz CT molecular complexity index is 616. The van der Waals surface area contributed by atoms with Crippen LogP contribution in [0.4, 0.5) is 0 Å². The lowest BCUT2D eigenvalue weighted by Crippen LogP contribution is -2.24. The third-order valence-electron chi connectivity index (χ3n) is 2.99. The summed E-state index contributed by atoms with van der Waals surface area (Å²) in [4.78, 5) is 22.4. The number of amides is 1. The normalized spacial score (nSPS) is 10.6. The number of benzene rings is 1. The minimum Gasteiger partial charge on any atom is -0.481 e. The Balaban J connectivity index is 2.07. The summed E-state index contributed by atoms with van der Waals surface area (Å²) in [5.74, 6) is -1.01. The van der Waals surface area contributed by atoms with Gasteiger partial charge in [0, 0.05) is 37.1 Å². The molecule has 0 fully saturated rings. The Morgan fingerprint density at radius 3 is 2.79 bits per heavy atom. The summed E-state index contributed by atoms with van der Waals surface area (Å²) in [6.45, 7) is 0.369.